The van der Waals surface area contributed by atoms with E-state index in [-0.39, 0.29) is 0 Å². The molecule has 1 aliphatic heterocycles. The Balaban J connectivity index is 1.42. The van der Waals surface area contributed by atoms with Crippen molar-refractivity contribution in [3.8, 4) is 0 Å². The third kappa shape index (κ3) is 3.82. The van der Waals surface area contributed by atoms with E-state index in [2.05, 4.69) is 32.0 Å². The fraction of sp³-hybridized carbons (Fsp3) is 0.647. The molecule has 0 bridgehead atoms. The third-order valence-electron chi connectivity index (χ3n) is 4.71. The molecule has 0 N–H and O–H groups in total. The minimum absolute atomic E-state index is 0.492. The average Bonchev–Trinajstić information content (AvgIpc) is 3.16. The number of nitrogens with zero attached hydrogens (tertiary/aromatic N) is 5. The summed E-state index contributed by atoms with van der Waals surface area (Å²) in [6.07, 6.45) is 8.66. The predicted octanol–water partition coefficient (Wildman–Crippen LogP) is 1.68. The maximum Gasteiger partial charge on any atom is 0.0534 e. The molecule has 2 aromatic rings. The van der Waals surface area contributed by atoms with Crippen molar-refractivity contribution in [3.05, 3.63) is 35.9 Å². The molecule has 23 heavy (non-hydrogen) atoms. The second-order valence-electron chi connectivity index (χ2n) is 7.04. The Morgan fingerprint density at radius 3 is 2.83 bits per heavy atom. The highest BCUT2D eigenvalue weighted by Crippen LogP contribution is 2.29. The molecular formula is C17H25N5O. The third-order valence-corrected chi connectivity index (χ3v) is 4.71. The van der Waals surface area contributed by atoms with E-state index in [4.69, 9.17) is 4.74 Å². The molecule has 124 valence electrons. The Morgan fingerprint density at radius 1 is 1.17 bits per heavy atom. The summed E-state index contributed by atoms with van der Waals surface area (Å²) in [5.41, 5.74) is 2.55. The molecule has 0 saturated heterocycles. The first-order valence-electron chi connectivity index (χ1n) is 8.54. The van der Waals surface area contributed by atoms with Crippen LogP contribution >= 0.6 is 0 Å². The van der Waals surface area contributed by atoms with E-state index < -0.39 is 0 Å². The largest absolute Gasteiger partial charge is 0.381 e. The average molecular weight is 315 g/mol. The summed E-state index contributed by atoms with van der Waals surface area (Å²) >= 11 is 0. The lowest BCUT2D eigenvalue weighted by atomic mass is 10.1. The van der Waals surface area contributed by atoms with Crippen LogP contribution in [0.4, 0.5) is 0 Å². The summed E-state index contributed by atoms with van der Waals surface area (Å²) in [4.78, 5) is 2.49. The Morgan fingerprint density at radius 2 is 2.04 bits per heavy atom. The molecule has 0 spiro atoms. The lowest BCUT2D eigenvalue weighted by Crippen LogP contribution is -2.30. The van der Waals surface area contributed by atoms with Gasteiger partial charge in [0, 0.05) is 63.7 Å². The Kier molecular flexibility index (Phi) is 4.18. The smallest absolute Gasteiger partial charge is 0.0534 e. The Hall–Kier alpha value is -1.66. The summed E-state index contributed by atoms with van der Waals surface area (Å²) in [5, 5.41) is 8.77. The van der Waals surface area contributed by atoms with Crippen molar-refractivity contribution in [2.75, 3.05) is 19.8 Å². The second kappa shape index (κ2) is 6.45. The van der Waals surface area contributed by atoms with Gasteiger partial charge in [0.15, 0.2) is 0 Å². The zero-order chi connectivity index (χ0) is 15.6. The zero-order valence-electron chi connectivity index (χ0n) is 13.8. The van der Waals surface area contributed by atoms with E-state index in [9.17, 15) is 0 Å². The standard InChI is InChI=1S/C17H25N5O/c1-20-7-15(6-19-20)8-21-9-16(13-23-12-14-2-3-14)10-22-17(11-21)4-5-18-22/h4-7,14,16H,2-3,8-13H2,1H3. The first-order valence-corrected chi connectivity index (χ1v) is 8.54. The topological polar surface area (TPSA) is 48.1 Å². The first kappa shape index (κ1) is 14.9. The predicted molar refractivity (Wildman–Crippen MR) is 86.6 cm³/mol. The van der Waals surface area contributed by atoms with Gasteiger partial charge >= 0.3 is 0 Å². The lowest BCUT2D eigenvalue weighted by molar-refractivity contribution is 0.0696. The van der Waals surface area contributed by atoms with Gasteiger partial charge in [0.2, 0.25) is 0 Å². The number of hydrogen-bond acceptors (Lipinski definition) is 4. The summed E-state index contributed by atoms with van der Waals surface area (Å²) in [5.74, 6) is 1.32. The number of aryl methyl sites for hydroxylation is 1. The van der Waals surface area contributed by atoms with Gasteiger partial charge in [0.05, 0.1) is 18.5 Å². The molecule has 1 unspecified atom stereocenters. The van der Waals surface area contributed by atoms with Crippen molar-refractivity contribution in [3.63, 3.8) is 0 Å². The van der Waals surface area contributed by atoms with Crippen LogP contribution in [0.25, 0.3) is 0 Å². The maximum absolute atomic E-state index is 5.96. The van der Waals surface area contributed by atoms with Crippen LogP contribution in [0.2, 0.25) is 0 Å². The molecule has 0 amide bonds. The monoisotopic (exact) mass is 315 g/mol. The minimum Gasteiger partial charge on any atom is -0.381 e. The van der Waals surface area contributed by atoms with Crippen LogP contribution in [-0.4, -0.2) is 44.2 Å². The number of aromatic nitrogens is 4. The number of fused-ring (bicyclic) bond motifs is 1. The van der Waals surface area contributed by atoms with Crippen LogP contribution in [0.3, 0.4) is 0 Å². The fourth-order valence-electron chi connectivity index (χ4n) is 3.34. The molecule has 4 rings (SSSR count). The summed E-state index contributed by atoms with van der Waals surface area (Å²) in [6.45, 7) is 5.63. The molecule has 6 nitrogen and oxygen atoms in total. The van der Waals surface area contributed by atoms with Crippen LogP contribution in [-0.2, 0) is 31.4 Å². The van der Waals surface area contributed by atoms with Crippen molar-refractivity contribution in [2.45, 2.75) is 32.5 Å². The quantitative estimate of drug-likeness (QED) is 0.814. The molecule has 1 fully saturated rings. The molecular weight excluding hydrogens is 290 g/mol. The van der Waals surface area contributed by atoms with Gasteiger partial charge in [0.1, 0.15) is 0 Å². The number of ether oxygens (including phenoxy) is 1. The molecule has 2 aromatic heterocycles. The van der Waals surface area contributed by atoms with E-state index in [0.29, 0.717) is 5.92 Å². The van der Waals surface area contributed by atoms with Crippen LogP contribution in [0.1, 0.15) is 24.1 Å². The van der Waals surface area contributed by atoms with Gasteiger partial charge in [-0.1, -0.05) is 0 Å². The van der Waals surface area contributed by atoms with Crippen molar-refractivity contribution in [1.82, 2.24) is 24.5 Å². The zero-order valence-corrected chi connectivity index (χ0v) is 13.8. The maximum atomic E-state index is 5.96. The highest BCUT2D eigenvalue weighted by molar-refractivity contribution is 5.06. The molecule has 0 radical (unpaired) electrons. The van der Waals surface area contributed by atoms with E-state index in [1.165, 1.54) is 24.1 Å². The molecule has 6 heteroatoms. The summed E-state index contributed by atoms with van der Waals surface area (Å²) < 4.78 is 9.98. The Labute approximate surface area is 137 Å². The molecule has 1 atom stereocenters. The SMILES string of the molecule is Cn1cc(CN2Cc3ccnn3CC(COCC3CC3)C2)cn1. The number of hydrogen-bond donors (Lipinski definition) is 0. The minimum atomic E-state index is 0.492. The molecule has 1 saturated carbocycles. The van der Waals surface area contributed by atoms with Crippen molar-refractivity contribution >= 4 is 0 Å². The van der Waals surface area contributed by atoms with Gasteiger partial charge in [-0.25, -0.2) is 0 Å². The molecule has 3 heterocycles. The van der Waals surface area contributed by atoms with Crippen molar-refractivity contribution < 1.29 is 4.74 Å². The first-order chi connectivity index (χ1) is 11.3. The van der Waals surface area contributed by atoms with E-state index >= 15 is 0 Å². The van der Waals surface area contributed by atoms with Crippen LogP contribution in [0.15, 0.2) is 24.7 Å². The van der Waals surface area contributed by atoms with Gasteiger partial charge in [-0.15, -0.1) is 0 Å². The van der Waals surface area contributed by atoms with Gasteiger partial charge in [-0.05, 0) is 24.8 Å². The van der Waals surface area contributed by atoms with Crippen LogP contribution in [0, 0.1) is 11.8 Å². The van der Waals surface area contributed by atoms with Crippen LogP contribution < -0.4 is 0 Å². The molecule has 1 aliphatic carbocycles. The lowest BCUT2D eigenvalue weighted by Gasteiger charge is -2.23. The van der Waals surface area contributed by atoms with E-state index in [1.54, 1.807) is 0 Å². The van der Waals surface area contributed by atoms with E-state index in [1.807, 2.05) is 24.1 Å². The second-order valence-corrected chi connectivity index (χ2v) is 7.04. The van der Waals surface area contributed by atoms with Crippen LogP contribution in [0.5, 0.6) is 0 Å². The normalized spacial score (nSPS) is 22.0. The highest BCUT2D eigenvalue weighted by Gasteiger charge is 2.25. The van der Waals surface area contributed by atoms with Gasteiger partial charge in [0.25, 0.3) is 0 Å². The Bertz CT molecular complexity index is 645. The summed E-state index contributed by atoms with van der Waals surface area (Å²) in [6, 6.07) is 2.13. The van der Waals surface area contributed by atoms with Crippen molar-refractivity contribution in [2.24, 2.45) is 18.9 Å². The van der Waals surface area contributed by atoms with Gasteiger partial charge < -0.3 is 4.74 Å². The van der Waals surface area contributed by atoms with E-state index in [0.717, 1.165) is 45.3 Å². The highest BCUT2D eigenvalue weighted by atomic mass is 16.5. The molecule has 0 aromatic carbocycles. The fourth-order valence-corrected chi connectivity index (χ4v) is 3.34. The van der Waals surface area contributed by atoms with Gasteiger partial charge in [-0.3, -0.25) is 14.3 Å². The summed E-state index contributed by atoms with van der Waals surface area (Å²) in [7, 11) is 1.97. The number of rotatable bonds is 6. The van der Waals surface area contributed by atoms with Gasteiger partial charge in [-0.2, -0.15) is 10.2 Å². The van der Waals surface area contributed by atoms with Crippen molar-refractivity contribution in [1.29, 1.82) is 0 Å². The molecule has 2 aliphatic rings.